The van der Waals surface area contributed by atoms with E-state index in [4.69, 9.17) is 21.4 Å². The van der Waals surface area contributed by atoms with Crippen molar-refractivity contribution in [1.82, 2.24) is 0 Å². The van der Waals surface area contributed by atoms with Gasteiger partial charge in [0.25, 0.3) is 0 Å². The first-order valence-electron chi connectivity index (χ1n) is 5.44. The number of carboxylic acids is 1. The molecule has 1 unspecified atom stereocenters. The van der Waals surface area contributed by atoms with Crippen LogP contribution in [0.25, 0.3) is 0 Å². The zero-order chi connectivity index (χ0) is 12.4. The van der Waals surface area contributed by atoms with Gasteiger partial charge in [0.05, 0.1) is 12.8 Å². The van der Waals surface area contributed by atoms with E-state index >= 15 is 0 Å². The number of benzene rings is 1. The second kappa shape index (κ2) is 4.84. The number of anilines is 1. The van der Waals surface area contributed by atoms with Gasteiger partial charge in [0.1, 0.15) is 11.8 Å². The van der Waals surface area contributed by atoms with Crippen molar-refractivity contribution in [2.45, 2.75) is 18.9 Å². The second-order valence-corrected chi connectivity index (χ2v) is 4.58. The molecule has 1 aliphatic rings. The molecule has 0 aliphatic heterocycles. The van der Waals surface area contributed by atoms with Crippen LogP contribution in [0.2, 0.25) is 5.02 Å². The average Bonchev–Trinajstić information content (AvgIpc) is 3.09. The molecule has 0 radical (unpaired) electrons. The Balaban J connectivity index is 2.20. The van der Waals surface area contributed by atoms with E-state index in [2.05, 4.69) is 5.32 Å². The Morgan fingerprint density at radius 2 is 2.29 bits per heavy atom. The van der Waals surface area contributed by atoms with Gasteiger partial charge in [-0.15, -0.1) is 0 Å². The minimum atomic E-state index is -0.838. The highest BCUT2D eigenvalue weighted by molar-refractivity contribution is 6.30. The van der Waals surface area contributed by atoms with E-state index in [1.54, 1.807) is 25.3 Å². The summed E-state index contributed by atoms with van der Waals surface area (Å²) in [6, 6.07) is 4.54. The Bertz CT molecular complexity index is 432. The van der Waals surface area contributed by atoms with E-state index in [9.17, 15) is 4.79 Å². The van der Waals surface area contributed by atoms with Crippen LogP contribution in [-0.4, -0.2) is 24.2 Å². The van der Waals surface area contributed by atoms with Gasteiger partial charge in [-0.2, -0.15) is 0 Å². The van der Waals surface area contributed by atoms with Crippen LogP contribution >= 0.6 is 11.6 Å². The fraction of sp³-hybridized carbons (Fsp3) is 0.417. The van der Waals surface area contributed by atoms with Gasteiger partial charge in [0.2, 0.25) is 0 Å². The highest BCUT2D eigenvalue weighted by Gasteiger charge is 2.36. The fourth-order valence-electron chi connectivity index (χ4n) is 1.77. The molecule has 0 amide bonds. The Kier molecular flexibility index (Phi) is 3.43. The van der Waals surface area contributed by atoms with Gasteiger partial charge in [-0.25, -0.2) is 4.79 Å². The lowest BCUT2D eigenvalue weighted by molar-refractivity contribution is -0.138. The Labute approximate surface area is 105 Å². The number of rotatable bonds is 5. The normalized spacial score (nSPS) is 16.4. The summed E-state index contributed by atoms with van der Waals surface area (Å²) >= 11 is 5.89. The highest BCUT2D eigenvalue weighted by atomic mass is 35.5. The fourth-order valence-corrected chi connectivity index (χ4v) is 1.94. The van der Waals surface area contributed by atoms with Crippen molar-refractivity contribution < 1.29 is 14.6 Å². The van der Waals surface area contributed by atoms with Gasteiger partial charge in [-0.1, -0.05) is 11.6 Å². The first kappa shape index (κ1) is 12.0. The van der Waals surface area contributed by atoms with Crippen molar-refractivity contribution in [1.29, 1.82) is 0 Å². The quantitative estimate of drug-likeness (QED) is 0.849. The predicted octanol–water partition coefficient (Wildman–Crippen LogP) is 2.62. The minimum Gasteiger partial charge on any atom is -0.495 e. The lowest BCUT2D eigenvalue weighted by Crippen LogP contribution is -2.31. The molecule has 5 heteroatoms. The molecule has 1 fully saturated rings. The van der Waals surface area contributed by atoms with Gasteiger partial charge >= 0.3 is 5.97 Å². The van der Waals surface area contributed by atoms with Crippen LogP contribution in [0.3, 0.4) is 0 Å². The molecular weight excluding hydrogens is 242 g/mol. The van der Waals surface area contributed by atoms with Crippen molar-refractivity contribution in [3.05, 3.63) is 23.2 Å². The second-order valence-electron chi connectivity index (χ2n) is 4.14. The molecule has 1 aromatic carbocycles. The van der Waals surface area contributed by atoms with E-state index in [1.807, 2.05) is 0 Å². The summed E-state index contributed by atoms with van der Waals surface area (Å²) in [6.07, 6.45) is 1.90. The van der Waals surface area contributed by atoms with Crippen molar-refractivity contribution in [2.24, 2.45) is 5.92 Å². The maximum absolute atomic E-state index is 11.1. The lowest BCUT2D eigenvalue weighted by atomic mass is 10.1. The molecule has 1 aliphatic carbocycles. The first-order chi connectivity index (χ1) is 8.11. The van der Waals surface area contributed by atoms with E-state index in [1.165, 1.54) is 0 Å². The van der Waals surface area contributed by atoms with Gasteiger partial charge in [-0.05, 0) is 37.0 Å². The van der Waals surface area contributed by atoms with Crippen LogP contribution in [-0.2, 0) is 4.79 Å². The first-order valence-corrected chi connectivity index (χ1v) is 5.82. The summed E-state index contributed by atoms with van der Waals surface area (Å²) in [5.74, 6) is -0.0352. The molecule has 0 saturated heterocycles. The SMILES string of the molecule is COc1ccc(Cl)cc1NC(C(=O)O)C1CC1. The van der Waals surface area contributed by atoms with Gasteiger partial charge in [0, 0.05) is 5.02 Å². The number of nitrogens with one attached hydrogen (secondary N) is 1. The molecule has 2 rings (SSSR count). The molecule has 2 N–H and O–H groups in total. The van der Waals surface area contributed by atoms with Crippen molar-refractivity contribution >= 4 is 23.3 Å². The molecule has 4 nitrogen and oxygen atoms in total. The third-order valence-corrected chi connectivity index (χ3v) is 3.07. The van der Waals surface area contributed by atoms with Gasteiger partial charge in [0.15, 0.2) is 0 Å². The topological polar surface area (TPSA) is 58.6 Å². The molecule has 0 heterocycles. The molecule has 92 valence electrons. The zero-order valence-electron chi connectivity index (χ0n) is 9.44. The number of hydrogen-bond donors (Lipinski definition) is 2. The number of hydrogen-bond acceptors (Lipinski definition) is 3. The van der Waals surface area contributed by atoms with Crippen LogP contribution in [0.5, 0.6) is 5.75 Å². The molecule has 1 atom stereocenters. The molecule has 0 spiro atoms. The molecule has 0 bridgehead atoms. The smallest absolute Gasteiger partial charge is 0.326 e. The van der Waals surface area contributed by atoms with Gasteiger partial charge < -0.3 is 15.2 Å². The summed E-state index contributed by atoms with van der Waals surface area (Å²) in [5, 5.41) is 12.7. The predicted molar refractivity (Wildman–Crippen MR) is 65.8 cm³/mol. The number of aliphatic carboxylic acids is 1. The molecule has 17 heavy (non-hydrogen) atoms. The van der Waals surface area contributed by atoms with E-state index < -0.39 is 12.0 Å². The number of methoxy groups -OCH3 is 1. The van der Waals surface area contributed by atoms with Crippen molar-refractivity contribution in [3.8, 4) is 5.75 Å². The van der Waals surface area contributed by atoms with Crippen LogP contribution in [0.1, 0.15) is 12.8 Å². The number of carbonyl (C=O) groups is 1. The number of ether oxygens (including phenoxy) is 1. The summed E-state index contributed by atoms with van der Waals surface area (Å²) in [5.41, 5.74) is 0.624. The van der Waals surface area contributed by atoms with Crippen molar-refractivity contribution in [2.75, 3.05) is 12.4 Å². The third kappa shape index (κ3) is 2.82. The summed E-state index contributed by atoms with van der Waals surface area (Å²) in [7, 11) is 1.54. The Hall–Kier alpha value is -1.42. The third-order valence-electron chi connectivity index (χ3n) is 2.83. The largest absolute Gasteiger partial charge is 0.495 e. The maximum Gasteiger partial charge on any atom is 0.326 e. The van der Waals surface area contributed by atoms with Crippen LogP contribution in [0.4, 0.5) is 5.69 Å². The van der Waals surface area contributed by atoms with Crippen LogP contribution in [0.15, 0.2) is 18.2 Å². The number of carboxylic acid groups (broad SMARTS) is 1. The Morgan fingerprint density at radius 1 is 1.59 bits per heavy atom. The van der Waals surface area contributed by atoms with E-state index in [-0.39, 0.29) is 5.92 Å². The molecular formula is C12H14ClNO3. The summed E-state index contributed by atoms with van der Waals surface area (Å²) < 4.78 is 5.17. The van der Waals surface area contributed by atoms with E-state index in [0.717, 1.165) is 12.8 Å². The molecule has 0 aromatic heterocycles. The maximum atomic E-state index is 11.1. The monoisotopic (exact) mass is 255 g/mol. The van der Waals surface area contributed by atoms with Crippen LogP contribution < -0.4 is 10.1 Å². The lowest BCUT2D eigenvalue weighted by Gasteiger charge is -2.17. The highest BCUT2D eigenvalue weighted by Crippen LogP contribution is 2.36. The molecule has 1 saturated carbocycles. The number of halogens is 1. The minimum absolute atomic E-state index is 0.205. The van der Waals surface area contributed by atoms with Crippen molar-refractivity contribution in [3.63, 3.8) is 0 Å². The van der Waals surface area contributed by atoms with Gasteiger partial charge in [-0.3, -0.25) is 0 Å². The standard InChI is InChI=1S/C12H14ClNO3/c1-17-10-5-4-8(13)6-9(10)14-11(12(15)16)7-2-3-7/h4-7,11,14H,2-3H2,1H3,(H,15,16). The zero-order valence-corrected chi connectivity index (χ0v) is 10.2. The van der Waals surface area contributed by atoms with E-state index in [0.29, 0.717) is 16.5 Å². The summed E-state index contributed by atoms with van der Waals surface area (Å²) in [6.45, 7) is 0. The molecule has 1 aromatic rings. The summed E-state index contributed by atoms with van der Waals surface area (Å²) in [4.78, 5) is 11.1. The van der Waals surface area contributed by atoms with Crippen LogP contribution in [0, 0.1) is 5.92 Å². The average molecular weight is 256 g/mol. The Morgan fingerprint density at radius 3 is 2.82 bits per heavy atom.